The Labute approximate surface area is 180 Å². The molecule has 1 fully saturated rings. The Morgan fingerprint density at radius 2 is 1.97 bits per heavy atom. The maximum Gasteiger partial charge on any atom is 0.254 e. The number of amides is 1. The molecule has 156 valence electrons. The fourth-order valence-electron chi connectivity index (χ4n) is 3.66. The zero-order chi connectivity index (χ0) is 20.9. The number of halogens is 1. The van der Waals surface area contributed by atoms with Gasteiger partial charge in [-0.1, -0.05) is 29.8 Å². The van der Waals surface area contributed by atoms with Crippen LogP contribution >= 0.6 is 11.6 Å². The van der Waals surface area contributed by atoms with E-state index in [1.807, 2.05) is 49.4 Å². The van der Waals surface area contributed by atoms with Crippen molar-refractivity contribution in [3.05, 3.63) is 76.7 Å². The Balaban J connectivity index is 1.50. The average molecular weight is 426 g/mol. The van der Waals surface area contributed by atoms with Gasteiger partial charge in [-0.2, -0.15) is 5.10 Å². The summed E-state index contributed by atoms with van der Waals surface area (Å²) in [5, 5.41) is 8.13. The maximum absolute atomic E-state index is 12.9. The minimum Gasteiger partial charge on any atom is -0.379 e. The predicted molar refractivity (Wildman–Crippen MR) is 115 cm³/mol. The van der Waals surface area contributed by atoms with Crippen LogP contribution in [0.1, 0.15) is 27.7 Å². The fourth-order valence-corrected chi connectivity index (χ4v) is 3.78. The van der Waals surface area contributed by atoms with Gasteiger partial charge in [-0.05, 0) is 36.8 Å². The van der Waals surface area contributed by atoms with Crippen LogP contribution in [0, 0.1) is 6.92 Å². The molecule has 1 atom stereocenters. The lowest BCUT2D eigenvalue weighted by molar-refractivity contribution is 0.0162. The van der Waals surface area contributed by atoms with E-state index in [2.05, 4.69) is 20.3 Å². The number of hydrogen-bond acceptors (Lipinski definition) is 5. The van der Waals surface area contributed by atoms with Crippen LogP contribution in [0.2, 0.25) is 5.02 Å². The number of benzene rings is 1. The third kappa shape index (κ3) is 4.53. The van der Waals surface area contributed by atoms with Gasteiger partial charge in [0.15, 0.2) is 5.82 Å². The Morgan fingerprint density at radius 3 is 2.67 bits per heavy atom. The van der Waals surface area contributed by atoms with Crippen LogP contribution in [0.3, 0.4) is 0 Å². The standard InChI is InChI=1S/C22H24ClN5O2/c1-16-19(14-26-28(16)21-4-2-3-9-24-21)22(29)25-15-20(27-10-12-30-13-11-27)17-5-7-18(23)8-6-17/h2-9,14,20H,10-13,15H2,1H3,(H,25,29). The van der Waals surface area contributed by atoms with Gasteiger partial charge in [-0.3, -0.25) is 9.69 Å². The summed E-state index contributed by atoms with van der Waals surface area (Å²) in [6.45, 7) is 5.37. The van der Waals surface area contributed by atoms with Gasteiger partial charge in [-0.25, -0.2) is 9.67 Å². The maximum atomic E-state index is 12.9. The number of ether oxygens (including phenoxy) is 1. The van der Waals surface area contributed by atoms with Crippen molar-refractivity contribution < 1.29 is 9.53 Å². The van der Waals surface area contributed by atoms with Gasteiger partial charge in [0.2, 0.25) is 0 Å². The van der Waals surface area contributed by atoms with E-state index in [0.717, 1.165) is 24.3 Å². The van der Waals surface area contributed by atoms with Crippen LogP contribution in [0.15, 0.2) is 54.9 Å². The summed E-state index contributed by atoms with van der Waals surface area (Å²) in [5.41, 5.74) is 2.40. The van der Waals surface area contributed by atoms with Crippen molar-refractivity contribution in [2.75, 3.05) is 32.8 Å². The average Bonchev–Trinajstić information content (AvgIpc) is 3.17. The SMILES string of the molecule is Cc1c(C(=O)NCC(c2ccc(Cl)cc2)N2CCOCC2)cnn1-c1ccccn1. The number of hydrogen-bond donors (Lipinski definition) is 1. The highest BCUT2D eigenvalue weighted by atomic mass is 35.5. The molecule has 7 nitrogen and oxygen atoms in total. The monoisotopic (exact) mass is 425 g/mol. The second kappa shape index (κ2) is 9.38. The van der Waals surface area contributed by atoms with E-state index in [1.54, 1.807) is 17.1 Å². The molecule has 0 aliphatic carbocycles. The first-order chi connectivity index (χ1) is 14.6. The van der Waals surface area contributed by atoms with Crippen LogP contribution in [0.4, 0.5) is 0 Å². The van der Waals surface area contributed by atoms with Crippen LogP contribution in [0.5, 0.6) is 0 Å². The largest absolute Gasteiger partial charge is 0.379 e. The molecule has 0 radical (unpaired) electrons. The number of pyridine rings is 1. The summed E-state index contributed by atoms with van der Waals surface area (Å²) in [4.78, 5) is 19.6. The summed E-state index contributed by atoms with van der Waals surface area (Å²) in [6, 6.07) is 13.4. The number of carbonyl (C=O) groups is 1. The Kier molecular flexibility index (Phi) is 6.42. The molecule has 1 aromatic carbocycles. The molecular formula is C22H24ClN5O2. The number of morpholine rings is 1. The highest BCUT2D eigenvalue weighted by Gasteiger charge is 2.24. The second-order valence-corrected chi connectivity index (χ2v) is 7.61. The molecule has 1 aliphatic rings. The zero-order valence-corrected chi connectivity index (χ0v) is 17.5. The Morgan fingerprint density at radius 1 is 1.20 bits per heavy atom. The number of rotatable bonds is 6. The van der Waals surface area contributed by atoms with E-state index >= 15 is 0 Å². The minimum absolute atomic E-state index is 0.0428. The van der Waals surface area contributed by atoms with E-state index in [-0.39, 0.29) is 11.9 Å². The smallest absolute Gasteiger partial charge is 0.254 e. The van der Waals surface area contributed by atoms with Crippen LogP contribution in [-0.2, 0) is 4.74 Å². The van der Waals surface area contributed by atoms with Crippen molar-refractivity contribution in [1.82, 2.24) is 25.0 Å². The number of aromatic nitrogens is 3. The summed E-state index contributed by atoms with van der Waals surface area (Å²) in [5.74, 6) is 0.531. The third-order valence-corrected chi connectivity index (χ3v) is 5.57. The topological polar surface area (TPSA) is 72.3 Å². The van der Waals surface area contributed by atoms with E-state index in [4.69, 9.17) is 16.3 Å². The van der Waals surface area contributed by atoms with E-state index in [9.17, 15) is 4.79 Å². The van der Waals surface area contributed by atoms with Gasteiger partial charge in [0.1, 0.15) is 0 Å². The minimum atomic E-state index is -0.151. The van der Waals surface area contributed by atoms with Crippen molar-refractivity contribution >= 4 is 17.5 Å². The van der Waals surface area contributed by atoms with Crippen molar-refractivity contribution in [3.8, 4) is 5.82 Å². The van der Waals surface area contributed by atoms with Crippen LogP contribution in [-0.4, -0.2) is 58.4 Å². The first-order valence-corrected chi connectivity index (χ1v) is 10.3. The summed E-state index contributed by atoms with van der Waals surface area (Å²) < 4.78 is 7.17. The molecule has 2 aromatic heterocycles. The van der Waals surface area contributed by atoms with Gasteiger partial charge in [0, 0.05) is 30.9 Å². The highest BCUT2D eigenvalue weighted by Crippen LogP contribution is 2.23. The molecule has 0 bridgehead atoms. The number of nitrogens with zero attached hydrogens (tertiary/aromatic N) is 4. The normalized spacial score (nSPS) is 15.7. The molecule has 1 N–H and O–H groups in total. The summed E-state index contributed by atoms with van der Waals surface area (Å²) in [7, 11) is 0. The third-order valence-electron chi connectivity index (χ3n) is 5.32. The van der Waals surface area contributed by atoms with Gasteiger partial charge < -0.3 is 10.1 Å². The molecule has 3 aromatic rings. The first-order valence-electron chi connectivity index (χ1n) is 9.95. The fraction of sp³-hybridized carbons (Fsp3) is 0.318. The predicted octanol–water partition coefficient (Wildman–Crippen LogP) is 3.03. The molecule has 1 unspecified atom stereocenters. The molecule has 8 heteroatoms. The number of carbonyl (C=O) groups excluding carboxylic acids is 1. The van der Waals surface area contributed by atoms with Crippen molar-refractivity contribution in [2.45, 2.75) is 13.0 Å². The van der Waals surface area contributed by atoms with Crippen LogP contribution < -0.4 is 5.32 Å². The zero-order valence-electron chi connectivity index (χ0n) is 16.8. The highest BCUT2D eigenvalue weighted by molar-refractivity contribution is 6.30. The summed E-state index contributed by atoms with van der Waals surface area (Å²) in [6.07, 6.45) is 3.29. The van der Waals surface area contributed by atoms with E-state index in [1.165, 1.54) is 0 Å². The first kappa shape index (κ1) is 20.5. The molecule has 1 amide bonds. The second-order valence-electron chi connectivity index (χ2n) is 7.17. The van der Waals surface area contributed by atoms with Crippen molar-refractivity contribution in [1.29, 1.82) is 0 Å². The lowest BCUT2D eigenvalue weighted by atomic mass is 10.0. The van der Waals surface area contributed by atoms with Crippen LogP contribution in [0.25, 0.3) is 5.82 Å². The lowest BCUT2D eigenvalue weighted by Gasteiger charge is -2.35. The summed E-state index contributed by atoms with van der Waals surface area (Å²) >= 11 is 6.06. The molecular weight excluding hydrogens is 402 g/mol. The van der Waals surface area contributed by atoms with Gasteiger partial charge >= 0.3 is 0 Å². The molecule has 1 aliphatic heterocycles. The molecule has 1 saturated heterocycles. The molecule has 3 heterocycles. The molecule has 0 saturated carbocycles. The molecule has 30 heavy (non-hydrogen) atoms. The van der Waals surface area contributed by atoms with E-state index < -0.39 is 0 Å². The molecule has 0 spiro atoms. The Hall–Kier alpha value is -2.74. The van der Waals surface area contributed by atoms with Gasteiger partial charge in [-0.15, -0.1) is 0 Å². The van der Waals surface area contributed by atoms with E-state index in [0.29, 0.717) is 36.2 Å². The lowest BCUT2D eigenvalue weighted by Crippen LogP contribution is -2.43. The van der Waals surface area contributed by atoms with Crippen molar-refractivity contribution in [2.24, 2.45) is 0 Å². The molecule has 4 rings (SSSR count). The number of nitrogens with one attached hydrogen (secondary N) is 1. The van der Waals surface area contributed by atoms with Gasteiger partial charge in [0.05, 0.1) is 36.7 Å². The quantitative estimate of drug-likeness (QED) is 0.657. The van der Waals surface area contributed by atoms with Gasteiger partial charge in [0.25, 0.3) is 5.91 Å². The van der Waals surface area contributed by atoms with Crippen molar-refractivity contribution in [3.63, 3.8) is 0 Å². The Bertz CT molecular complexity index is 985.